The molecular weight excluding hydrogens is 436 g/mol. The van der Waals surface area contributed by atoms with Gasteiger partial charge in [-0.3, -0.25) is 9.52 Å². The number of fused-ring (bicyclic) bond motifs is 1. The molecule has 0 aliphatic carbocycles. The highest BCUT2D eigenvalue weighted by atomic mass is 32.2. The summed E-state index contributed by atoms with van der Waals surface area (Å²) >= 11 is 0. The molecular formula is C21H22N4O6S. The number of hydrogen-bond donors (Lipinski definition) is 2. The minimum Gasteiger partial charge on any atom is -0.505 e. The first-order chi connectivity index (χ1) is 15.2. The molecule has 0 fully saturated rings. The van der Waals surface area contributed by atoms with Crippen LogP contribution in [0.15, 0.2) is 55.7 Å². The van der Waals surface area contributed by atoms with Gasteiger partial charge in [0.05, 0.1) is 19.1 Å². The van der Waals surface area contributed by atoms with Gasteiger partial charge >= 0.3 is 0 Å². The lowest BCUT2D eigenvalue weighted by atomic mass is 10.1. The van der Waals surface area contributed by atoms with E-state index in [0.717, 1.165) is 0 Å². The number of methoxy groups -OCH3 is 1. The summed E-state index contributed by atoms with van der Waals surface area (Å²) in [6.07, 6.45) is 2.06. The normalized spacial score (nSPS) is 14.6. The third kappa shape index (κ3) is 3.86. The molecule has 2 N–H and O–H groups in total. The topological polar surface area (TPSA) is 136 Å². The summed E-state index contributed by atoms with van der Waals surface area (Å²) in [4.78, 5) is 17.4. The molecule has 0 bridgehead atoms. The Kier molecular flexibility index (Phi) is 5.51. The molecule has 11 heteroatoms. The van der Waals surface area contributed by atoms with Gasteiger partial charge in [0.1, 0.15) is 16.2 Å². The van der Waals surface area contributed by atoms with Gasteiger partial charge in [-0.15, -0.1) is 0 Å². The Bertz CT molecular complexity index is 1360. The second-order valence-electron chi connectivity index (χ2n) is 7.66. The summed E-state index contributed by atoms with van der Waals surface area (Å²) in [5.74, 6) is 0.0466. The van der Waals surface area contributed by atoms with Gasteiger partial charge in [-0.1, -0.05) is 13.8 Å². The largest absolute Gasteiger partial charge is 0.505 e. The smallest absolute Gasteiger partial charge is 0.281 e. The van der Waals surface area contributed by atoms with Crippen LogP contribution >= 0.6 is 0 Å². The molecule has 1 aliphatic rings. The second-order valence-corrected chi connectivity index (χ2v) is 9.31. The summed E-state index contributed by atoms with van der Waals surface area (Å²) < 4.78 is 39.7. The van der Waals surface area contributed by atoms with E-state index >= 15 is 0 Å². The molecule has 0 amide bonds. The average molecular weight is 458 g/mol. The lowest BCUT2D eigenvalue weighted by molar-refractivity contribution is 0.413. The number of nitrogens with one attached hydrogen (secondary N) is 1. The number of sulfonamides is 1. The molecule has 0 saturated carbocycles. The molecule has 4 rings (SSSR count). The van der Waals surface area contributed by atoms with Crippen molar-refractivity contribution in [1.82, 2.24) is 14.5 Å². The van der Waals surface area contributed by atoms with E-state index in [1.54, 1.807) is 18.2 Å². The minimum absolute atomic E-state index is 0.00998. The fourth-order valence-electron chi connectivity index (χ4n) is 3.25. The van der Waals surface area contributed by atoms with Crippen LogP contribution in [0.4, 0.5) is 5.69 Å². The Hall–Kier alpha value is -3.60. The van der Waals surface area contributed by atoms with Gasteiger partial charge in [0, 0.05) is 12.6 Å². The van der Waals surface area contributed by atoms with E-state index in [1.165, 1.54) is 30.2 Å². The van der Waals surface area contributed by atoms with Crippen LogP contribution in [0.1, 0.15) is 25.8 Å². The highest BCUT2D eigenvalue weighted by Crippen LogP contribution is 2.34. The first-order valence-corrected chi connectivity index (χ1v) is 11.4. The molecule has 2 aromatic heterocycles. The molecule has 0 atom stereocenters. The predicted molar refractivity (Wildman–Crippen MR) is 117 cm³/mol. The van der Waals surface area contributed by atoms with Gasteiger partial charge in [-0.25, -0.2) is 18.1 Å². The molecule has 0 unspecified atom stereocenters. The average Bonchev–Trinajstić information content (AvgIpc) is 3.27. The lowest BCUT2D eigenvalue weighted by Gasteiger charge is -2.20. The van der Waals surface area contributed by atoms with Crippen LogP contribution in [-0.2, 0) is 16.6 Å². The van der Waals surface area contributed by atoms with E-state index in [2.05, 4.69) is 14.8 Å². The summed E-state index contributed by atoms with van der Waals surface area (Å²) in [7, 11) is -2.65. The zero-order valence-electron chi connectivity index (χ0n) is 17.7. The number of aromatic nitrogens is 2. The van der Waals surface area contributed by atoms with Crippen molar-refractivity contribution in [1.29, 1.82) is 0 Å². The van der Waals surface area contributed by atoms with E-state index in [-0.39, 0.29) is 40.0 Å². The van der Waals surface area contributed by atoms with Crippen LogP contribution in [-0.4, -0.2) is 36.3 Å². The first-order valence-electron chi connectivity index (χ1n) is 9.89. The van der Waals surface area contributed by atoms with Crippen LogP contribution < -0.4 is 15.0 Å². The molecule has 10 nitrogen and oxygen atoms in total. The predicted octanol–water partition coefficient (Wildman–Crippen LogP) is 2.63. The van der Waals surface area contributed by atoms with Gasteiger partial charge in [0.2, 0.25) is 0 Å². The van der Waals surface area contributed by atoms with Crippen molar-refractivity contribution in [2.24, 2.45) is 10.9 Å². The Balaban J connectivity index is 1.94. The van der Waals surface area contributed by atoms with Crippen molar-refractivity contribution in [2.75, 3.05) is 7.11 Å². The SMILES string of the molecule is COc1ccc2c(c1)S(=O)(=O)NC(c1c(O)c(-c3ccco3)nn(CCC(C)C)c1=O)=N2. The van der Waals surface area contributed by atoms with E-state index in [1.807, 2.05) is 13.8 Å². The number of ether oxygens (including phenoxy) is 1. The number of benzene rings is 1. The van der Waals surface area contributed by atoms with Crippen LogP contribution in [0.5, 0.6) is 11.5 Å². The maximum Gasteiger partial charge on any atom is 0.281 e. The molecule has 0 saturated heterocycles. The number of hydrogen-bond acceptors (Lipinski definition) is 8. The lowest BCUT2D eigenvalue weighted by Crippen LogP contribution is -2.39. The van der Waals surface area contributed by atoms with E-state index in [4.69, 9.17) is 9.15 Å². The van der Waals surface area contributed by atoms with Crippen molar-refractivity contribution in [3.63, 3.8) is 0 Å². The number of aliphatic imine (C=N–C) groups is 1. The molecule has 0 spiro atoms. The Labute approximate surface area is 184 Å². The van der Waals surface area contributed by atoms with Crippen molar-refractivity contribution in [2.45, 2.75) is 31.7 Å². The second kappa shape index (κ2) is 8.15. The number of furan rings is 1. The standard InChI is InChI=1S/C21H22N4O6S/c1-12(2)8-9-25-21(27)17(19(26)18(23-25)15-5-4-10-31-15)20-22-14-7-6-13(30-3)11-16(14)32(28,29)24-20/h4-7,10-12,26H,8-9H2,1-3H3,(H,22,24). The molecule has 32 heavy (non-hydrogen) atoms. The molecule has 1 aliphatic heterocycles. The zero-order valence-corrected chi connectivity index (χ0v) is 18.5. The van der Waals surface area contributed by atoms with Crippen molar-refractivity contribution in [3.05, 3.63) is 52.5 Å². The van der Waals surface area contributed by atoms with Gasteiger partial charge in [0.15, 0.2) is 23.0 Å². The van der Waals surface area contributed by atoms with Gasteiger partial charge < -0.3 is 14.3 Å². The Morgan fingerprint density at radius 2 is 2.06 bits per heavy atom. The number of rotatable bonds is 6. The van der Waals surface area contributed by atoms with E-state index < -0.39 is 21.3 Å². The molecule has 3 aromatic rings. The fraction of sp³-hybridized carbons (Fsp3) is 0.286. The molecule has 0 radical (unpaired) electrons. The van der Waals surface area contributed by atoms with Crippen molar-refractivity contribution >= 4 is 21.5 Å². The number of nitrogens with zero attached hydrogens (tertiary/aromatic N) is 3. The highest BCUT2D eigenvalue weighted by Gasteiger charge is 2.31. The van der Waals surface area contributed by atoms with Gasteiger partial charge in [-0.05, 0) is 36.6 Å². The van der Waals surface area contributed by atoms with Gasteiger partial charge in [-0.2, -0.15) is 5.10 Å². The highest BCUT2D eigenvalue weighted by molar-refractivity contribution is 7.90. The van der Waals surface area contributed by atoms with Crippen molar-refractivity contribution in [3.8, 4) is 23.0 Å². The fourth-order valence-corrected chi connectivity index (χ4v) is 4.42. The maximum absolute atomic E-state index is 13.2. The molecule has 3 heterocycles. The Morgan fingerprint density at radius 3 is 2.72 bits per heavy atom. The van der Waals surface area contributed by atoms with E-state index in [9.17, 15) is 18.3 Å². The molecule has 168 valence electrons. The van der Waals surface area contributed by atoms with Crippen LogP contribution in [0.3, 0.4) is 0 Å². The van der Waals surface area contributed by atoms with Crippen LogP contribution in [0, 0.1) is 5.92 Å². The first kappa shape index (κ1) is 21.6. The molecule has 1 aromatic carbocycles. The summed E-state index contributed by atoms with van der Waals surface area (Å²) in [5.41, 5.74) is -0.851. The summed E-state index contributed by atoms with van der Waals surface area (Å²) in [5, 5.41) is 15.2. The number of aromatic hydroxyl groups is 1. The number of amidine groups is 1. The van der Waals surface area contributed by atoms with Crippen LogP contribution in [0.25, 0.3) is 11.5 Å². The summed E-state index contributed by atoms with van der Waals surface area (Å²) in [6, 6.07) is 7.55. The Morgan fingerprint density at radius 1 is 1.28 bits per heavy atom. The van der Waals surface area contributed by atoms with Crippen LogP contribution in [0.2, 0.25) is 0 Å². The third-order valence-corrected chi connectivity index (χ3v) is 6.33. The number of aryl methyl sites for hydroxylation is 1. The minimum atomic E-state index is -4.07. The van der Waals surface area contributed by atoms with Gasteiger partial charge in [0.25, 0.3) is 15.6 Å². The van der Waals surface area contributed by atoms with E-state index in [0.29, 0.717) is 18.1 Å². The monoisotopic (exact) mass is 458 g/mol. The maximum atomic E-state index is 13.2. The zero-order chi connectivity index (χ0) is 23.0. The quantitative estimate of drug-likeness (QED) is 0.579. The summed E-state index contributed by atoms with van der Waals surface area (Å²) in [6.45, 7) is 4.28. The third-order valence-electron chi connectivity index (χ3n) is 4.96. The van der Waals surface area contributed by atoms with Crippen molar-refractivity contribution < 1.29 is 22.7 Å².